The van der Waals surface area contributed by atoms with Crippen LogP contribution in [0.4, 0.5) is 0 Å². The topological polar surface area (TPSA) is 41.6 Å². The number of ether oxygens (including phenoxy) is 1. The van der Waals surface area contributed by atoms with Crippen LogP contribution in [0.5, 0.6) is 0 Å². The molecule has 1 heterocycles. The van der Waals surface area contributed by atoms with Gasteiger partial charge in [-0.1, -0.05) is 26.2 Å². The molecule has 2 aliphatic rings. The molecule has 4 heteroatoms. The third-order valence-corrected chi connectivity index (χ3v) is 4.94. The molecule has 2 atom stereocenters. The van der Waals surface area contributed by atoms with Gasteiger partial charge in [-0.2, -0.15) is 0 Å². The highest BCUT2D eigenvalue weighted by Crippen LogP contribution is 2.25. The van der Waals surface area contributed by atoms with Gasteiger partial charge >= 0.3 is 5.97 Å². The summed E-state index contributed by atoms with van der Waals surface area (Å²) < 4.78 is 4.80. The van der Waals surface area contributed by atoms with Crippen LogP contribution in [0.2, 0.25) is 0 Å². The Hall–Kier alpha value is -0.610. The second-order valence-electron chi connectivity index (χ2n) is 6.54. The quantitative estimate of drug-likeness (QED) is 0.757. The monoisotopic (exact) mass is 282 g/mol. The van der Waals surface area contributed by atoms with Crippen LogP contribution in [0.3, 0.4) is 0 Å². The van der Waals surface area contributed by atoms with Crippen LogP contribution in [0.1, 0.15) is 45.4 Å². The molecular weight excluding hydrogens is 252 g/mol. The molecule has 0 spiro atoms. The van der Waals surface area contributed by atoms with E-state index in [0.29, 0.717) is 18.5 Å². The molecule has 1 saturated heterocycles. The minimum atomic E-state index is -0.115. The summed E-state index contributed by atoms with van der Waals surface area (Å²) in [5.41, 5.74) is 0. The number of piperidine rings is 1. The van der Waals surface area contributed by atoms with Gasteiger partial charge in [-0.05, 0) is 37.6 Å². The number of rotatable bonds is 6. The highest BCUT2D eigenvalue weighted by atomic mass is 16.5. The number of methoxy groups -OCH3 is 1. The predicted molar refractivity (Wildman–Crippen MR) is 80.6 cm³/mol. The Morgan fingerprint density at radius 3 is 2.65 bits per heavy atom. The average Bonchev–Trinajstić information content (AvgIpc) is 2.98. The van der Waals surface area contributed by atoms with E-state index >= 15 is 0 Å². The molecule has 1 N–H and O–H groups in total. The summed E-state index contributed by atoms with van der Waals surface area (Å²) in [6.07, 6.45) is 8.04. The first-order chi connectivity index (χ1) is 9.71. The standard InChI is InChI=1S/C16H30N2O2/c1-3-13-8-15(17-9-14-6-4-5-7-14)11-18(10-13)12-16(19)20-2/h13-15,17H,3-12H2,1-2H3. The number of hydrogen-bond donors (Lipinski definition) is 1. The molecular formula is C16H30N2O2. The zero-order valence-corrected chi connectivity index (χ0v) is 13.1. The first-order valence-electron chi connectivity index (χ1n) is 8.23. The minimum absolute atomic E-state index is 0.115. The lowest BCUT2D eigenvalue weighted by Gasteiger charge is -2.37. The highest BCUT2D eigenvalue weighted by molar-refractivity contribution is 5.71. The van der Waals surface area contributed by atoms with Gasteiger partial charge in [0.25, 0.3) is 0 Å². The van der Waals surface area contributed by atoms with Crippen molar-refractivity contribution in [3.05, 3.63) is 0 Å². The molecule has 0 aromatic rings. The molecule has 4 nitrogen and oxygen atoms in total. The lowest BCUT2D eigenvalue weighted by molar-refractivity contribution is -0.142. The van der Waals surface area contributed by atoms with Crippen LogP contribution < -0.4 is 5.32 Å². The molecule has 116 valence electrons. The molecule has 2 rings (SSSR count). The summed E-state index contributed by atoms with van der Waals surface area (Å²) in [5.74, 6) is 1.47. The van der Waals surface area contributed by atoms with E-state index in [4.69, 9.17) is 4.74 Å². The van der Waals surface area contributed by atoms with Crippen LogP contribution in [0.25, 0.3) is 0 Å². The van der Waals surface area contributed by atoms with E-state index in [2.05, 4.69) is 17.1 Å². The molecule has 0 amide bonds. The lowest BCUT2D eigenvalue weighted by atomic mass is 9.91. The van der Waals surface area contributed by atoms with E-state index in [1.165, 1.54) is 45.6 Å². The smallest absolute Gasteiger partial charge is 0.319 e. The number of carbonyl (C=O) groups excluding carboxylic acids is 1. The number of nitrogens with zero attached hydrogens (tertiary/aromatic N) is 1. The summed E-state index contributed by atoms with van der Waals surface area (Å²) in [5, 5.41) is 3.76. The number of esters is 1. The fraction of sp³-hybridized carbons (Fsp3) is 0.938. The van der Waals surface area contributed by atoms with Gasteiger partial charge in [0.05, 0.1) is 13.7 Å². The Bertz CT molecular complexity index is 303. The highest BCUT2D eigenvalue weighted by Gasteiger charge is 2.28. The summed E-state index contributed by atoms with van der Waals surface area (Å²) in [6, 6.07) is 0.541. The molecule has 2 fully saturated rings. The molecule has 0 bridgehead atoms. The Balaban J connectivity index is 1.79. The maximum atomic E-state index is 11.5. The Morgan fingerprint density at radius 1 is 1.25 bits per heavy atom. The summed E-state index contributed by atoms with van der Waals surface area (Å²) in [4.78, 5) is 13.7. The van der Waals surface area contributed by atoms with Gasteiger partial charge in [-0.25, -0.2) is 0 Å². The number of hydrogen-bond acceptors (Lipinski definition) is 4. The number of nitrogens with one attached hydrogen (secondary N) is 1. The average molecular weight is 282 g/mol. The fourth-order valence-corrected chi connectivity index (χ4v) is 3.67. The van der Waals surface area contributed by atoms with E-state index in [1.54, 1.807) is 0 Å². The van der Waals surface area contributed by atoms with Gasteiger partial charge in [0, 0.05) is 19.1 Å². The van der Waals surface area contributed by atoms with Crippen molar-refractivity contribution in [3.8, 4) is 0 Å². The minimum Gasteiger partial charge on any atom is -0.468 e. The van der Waals surface area contributed by atoms with E-state index in [9.17, 15) is 4.79 Å². The number of carbonyl (C=O) groups is 1. The molecule has 0 radical (unpaired) electrons. The van der Waals surface area contributed by atoms with Crippen LogP contribution >= 0.6 is 0 Å². The Labute approximate surface area is 123 Å². The Morgan fingerprint density at radius 2 is 2.00 bits per heavy atom. The molecule has 1 aliphatic carbocycles. The van der Waals surface area contributed by atoms with Crippen LogP contribution in [-0.2, 0) is 9.53 Å². The van der Waals surface area contributed by atoms with Crippen molar-refractivity contribution in [2.45, 2.75) is 51.5 Å². The van der Waals surface area contributed by atoms with E-state index < -0.39 is 0 Å². The first kappa shape index (κ1) is 15.8. The van der Waals surface area contributed by atoms with Crippen LogP contribution in [0, 0.1) is 11.8 Å². The maximum Gasteiger partial charge on any atom is 0.319 e. The summed E-state index contributed by atoms with van der Waals surface area (Å²) >= 11 is 0. The molecule has 20 heavy (non-hydrogen) atoms. The van der Waals surface area contributed by atoms with Crippen molar-refractivity contribution in [3.63, 3.8) is 0 Å². The van der Waals surface area contributed by atoms with E-state index in [-0.39, 0.29) is 5.97 Å². The third kappa shape index (κ3) is 4.74. The normalized spacial score (nSPS) is 28.7. The van der Waals surface area contributed by atoms with Gasteiger partial charge in [0.15, 0.2) is 0 Å². The zero-order chi connectivity index (χ0) is 14.4. The van der Waals surface area contributed by atoms with Gasteiger partial charge in [-0.15, -0.1) is 0 Å². The van der Waals surface area contributed by atoms with Gasteiger partial charge < -0.3 is 10.1 Å². The predicted octanol–water partition coefficient (Wildman–Crippen LogP) is 2.04. The lowest BCUT2D eigenvalue weighted by Crippen LogP contribution is -2.51. The van der Waals surface area contributed by atoms with Gasteiger partial charge in [0.1, 0.15) is 0 Å². The maximum absolute atomic E-state index is 11.5. The van der Waals surface area contributed by atoms with Gasteiger partial charge in [0.2, 0.25) is 0 Å². The van der Waals surface area contributed by atoms with Crippen molar-refractivity contribution in [1.29, 1.82) is 0 Å². The van der Waals surface area contributed by atoms with Crippen molar-refractivity contribution >= 4 is 5.97 Å². The summed E-state index contributed by atoms with van der Waals surface area (Å²) in [7, 11) is 1.47. The molecule has 2 unspecified atom stereocenters. The molecule has 1 aliphatic heterocycles. The van der Waals surface area contributed by atoms with Crippen LogP contribution in [0.15, 0.2) is 0 Å². The van der Waals surface area contributed by atoms with E-state index in [0.717, 1.165) is 25.6 Å². The van der Waals surface area contributed by atoms with Crippen molar-refractivity contribution < 1.29 is 9.53 Å². The van der Waals surface area contributed by atoms with Crippen molar-refractivity contribution in [1.82, 2.24) is 10.2 Å². The van der Waals surface area contributed by atoms with Crippen molar-refractivity contribution in [2.75, 3.05) is 33.3 Å². The zero-order valence-electron chi connectivity index (χ0n) is 13.1. The first-order valence-corrected chi connectivity index (χ1v) is 8.23. The largest absolute Gasteiger partial charge is 0.468 e. The van der Waals surface area contributed by atoms with Crippen LogP contribution in [-0.4, -0.2) is 50.2 Å². The molecule has 0 aromatic heterocycles. The SMILES string of the molecule is CCC1CC(NCC2CCCC2)CN(CC(=O)OC)C1. The van der Waals surface area contributed by atoms with Gasteiger partial charge in [-0.3, -0.25) is 9.69 Å². The fourth-order valence-electron chi connectivity index (χ4n) is 3.67. The summed E-state index contributed by atoms with van der Waals surface area (Å²) in [6.45, 7) is 5.87. The second kappa shape index (κ2) is 7.99. The number of likely N-dealkylation sites (tertiary alicyclic amines) is 1. The van der Waals surface area contributed by atoms with Crippen molar-refractivity contribution in [2.24, 2.45) is 11.8 Å². The molecule has 0 aromatic carbocycles. The Kier molecular flexibility index (Phi) is 6.30. The van der Waals surface area contributed by atoms with E-state index in [1.807, 2.05) is 0 Å². The second-order valence-corrected chi connectivity index (χ2v) is 6.54. The molecule has 1 saturated carbocycles. The third-order valence-electron chi connectivity index (χ3n) is 4.94.